The van der Waals surface area contributed by atoms with E-state index >= 15 is 0 Å². The molecule has 1 N–H and O–H groups in total. The summed E-state index contributed by atoms with van der Waals surface area (Å²) in [5, 5.41) is 0. The van der Waals surface area contributed by atoms with Gasteiger partial charge < -0.3 is 4.98 Å². The fourth-order valence-corrected chi connectivity index (χ4v) is 1.47. The molecule has 3 rings (SSSR count). The van der Waals surface area contributed by atoms with Gasteiger partial charge in [0.05, 0.1) is 6.20 Å². The Balaban J connectivity index is 2.87. The zero-order valence-corrected chi connectivity index (χ0v) is 6.11. The van der Waals surface area contributed by atoms with E-state index in [0.717, 1.165) is 11.3 Å². The minimum Gasteiger partial charge on any atom is -0.306 e. The molecule has 0 aliphatic heterocycles. The van der Waals surface area contributed by atoms with Crippen LogP contribution in [0.4, 0.5) is 0 Å². The number of aromatic nitrogens is 3. The van der Waals surface area contributed by atoms with Gasteiger partial charge in [0, 0.05) is 0 Å². The fourth-order valence-electron chi connectivity index (χ4n) is 1.47. The van der Waals surface area contributed by atoms with E-state index < -0.39 is 0 Å². The van der Waals surface area contributed by atoms with Gasteiger partial charge in [-0.3, -0.25) is 9.20 Å². The lowest BCUT2D eigenvalue weighted by Gasteiger charge is -1.89. The van der Waals surface area contributed by atoms with Gasteiger partial charge in [0.1, 0.15) is 16.8 Å². The summed E-state index contributed by atoms with van der Waals surface area (Å²) in [5.74, 6) is 0. The van der Waals surface area contributed by atoms with Crippen LogP contribution in [0.2, 0.25) is 0 Å². The molecule has 4 heteroatoms. The number of pyridine rings is 1. The van der Waals surface area contributed by atoms with E-state index in [0.29, 0.717) is 5.52 Å². The van der Waals surface area contributed by atoms with Gasteiger partial charge in [-0.2, -0.15) is 0 Å². The highest BCUT2D eigenvalue weighted by molar-refractivity contribution is 5.65. The lowest BCUT2D eigenvalue weighted by Crippen LogP contribution is -1.95. The average molecular weight is 159 g/mol. The van der Waals surface area contributed by atoms with Crippen molar-refractivity contribution in [2.45, 2.75) is 0 Å². The van der Waals surface area contributed by atoms with Crippen molar-refractivity contribution in [3.63, 3.8) is 0 Å². The van der Waals surface area contributed by atoms with E-state index in [-0.39, 0.29) is 5.56 Å². The molecule has 0 aromatic carbocycles. The second-order valence-corrected chi connectivity index (χ2v) is 2.70. The number of hydrogen-bond donors (Lipinski definition) is 1. The normalized spacial score (nSPS) is 11.7. The predicted octanol–water partition coefficient (Wildman–Crippen LogP) is 0.614. The molecule has 58 valence electrons. The lowest BCUT2D eigenvalue weighted by molar-refractivity contribution is 1.26. The molecule has 0 spiro atoms. The van der Waals surface area contributed by atoms with Crippen molar-refractivity contribution in [1.82, 2.24) is 14.4 Å². The highest BCUT2D eigenvalue weighted by Gasteiger charge is 2.06. The Bertz CT molecular complexity index is 592. The molecule has 0 bridgehead atoms. The van der Waals surface area contributed by atoms with E-state index in [4.69, 9.17) is 0 Å². The second kappa shape index (κ2) is 1.66. The van der Waals surface area contributed by atoms with Crippen molar-refractivity contribution >= 4 is 16.8 Å². The van der Waals surface area contributed by atoms with Gasteiger partial charge in [-0.1, -0.05) is 6.07 Å². The molecule has 12 heavy (non-hydrogen) atoms. The molecule has 3 aromatic rings. The van der Waals surface area contributed by atoms with Crippen molar-refractivity contribution in [1.29, 1.82) is 0 Å². The predicted molar refractivity (Wildman–Crippen MR) is 44.5 cm³/mol. The third kappa shape index (κ3) is 0.492. The Labute approximate surface area is 66.8 Å². The minimum atomic E-state index is -0.0799. The zero-order chi connectivity index (χ0) is 8.13. The molecule has 0 saturated heterocycles. The summed E-state index contributed by atoms with van der Waals surface area (Å²) in [6.45, 7) is 0. The van der Waals surface area contributed by atoms with Gasteiger partial charge in [-0.15, -0.1) is 0 Å². The van der Waals surface area contributed by atoms with Crippen molar-refractivity contribution in [2.24, 2.45) is 0 Å². The maximum absolute atomic E-state index is 11.2. The van der Waals surface area contributed by atoms with Gasteiger partial charge in [0.2, 0.25) is 0 Å². The Kier molecular flexibility index (Phi) is 0.798. The van der Waals surface area contributed by atoms with Crippen molar-refractivity contribution in [2.75, 3.05) is 0 Å². The van der Waals surface area contributed by atoms with Gasteiger partial charge in [0.15, 0.2) is 0 Å². The number of nitrogens with zero attached hydrogens (tertiary/aromatic N) is 2. The summed E-state index contributed by atoms with van der Waals surface area (Å²) >= 11 is 0. The molecule has 0 fully saturated rings. The molecule has 0 atom stereocenters. The number of rotatable bonds is 0. The molecule has 0 unspecified atom stereocenters. The maximum atomic E-state index is 11.2. The Morgan fingerprint density at radius 3 is 3.25 bits per heavy atom. The summed E-state index contributed by atoms with van der Waals surface area (Å²) in [5.41, 5.74) is 2.13. The molecule has 4 nitrogen and oxygen atoms in total. The first-order chi connectivity index (χ1) is 5.86. The van der Waals surface area contributed by atoms with Gasteiger partial charge >= 0.3 is 0 Å². The smallest absolute Gasteiger partial charge is 0.275 e. The van der Waals surface area contributed by atoms with Crippen LogP contribution >= 0.6 is 0 Å². The number of imidazole rings is 2. The summed E-state index contributed by atoms with van der Waals surface area (Å²) in [6, 6.07) is 5.59. The van der Waals surface area contributed by atoms with Crippen LogP contribution in [-0.2, 0) is 0 Å². The van der Waals surface area contributed by atoms with Crippen LogP contribution in [-0.4, -0.2) is 14.4 Å². The fraction of sp³-hybridized carbons (Fsp3) is 0. The van der Waals surface area contributed by atoms with Crippen LogP contribution in [0.3, 0.4) is 0 Å². The quantitative estimate of drug-likeness (QED) is 0.522. The van der Waals surface area contributed by atoms with Crippen LogP contribution in [0.5, 0.6) is 0 Å². The number of hydrogen-bond acceptors (Lipinski definition) is 2. The monoisotopic (exact) mass is 159 g/mol. The largest absolute Gasteiger partial charge is 0.306 e. The Morgan fingerprint density at radius 2 is 2.33 bits per heavy atom. The summed E-state index contributed by atoms with van der Waals surface area (Å²) in [7, 11) is 0. The summed E-state index contributed by atoms with van der Waals surface area (Å²) in [6.07, 6.45) is 1.58. The molecule has 0 aliphatic rings. The Hall–Kier alpha value is -1.84. The van der Waals surface area contributed by atoms with Gasteiger partial charge in [-0.05, 0) is 12.1 Å². The van der Waals surface area contributed by atoms with E-state index in [1.54, 1.807) is 6.20 Å². The first kappa shape index (κ1) is 5.77. The van der Waals surface area contributed by atoms with Crippen molar-refractivity contribution < 1.29 is 0 Å². The van der Waals surface area contributed by atoms with Crippen molar-refractivity contribution in [3.8, 4) is 0 Å². The first-order valence-electron chi connectivity index (χ1n) is 3.64. The van der Waals surface area contributed by atoms with Crippen LogP contribution in [0.15, 0.2) is 29.2 Å². The second-order valence-electron chi connectivity index (χ2n) is 2.70. The molecular formula is C8H5N3O. The molecule has 3 heterocycles. The van der Waals surface area contributed by atoms with Crippen LogP contribution < -0.4 is 5.56 Å². The Morgan fingerprint density at radius 1 is 1.42 bits per heavy atom. The standard InChI is InChI=1S/C8H5N3O/c12-8-5-4-9-6-2-1-3-7(10-8)11(5)6/h1-4H,(H,10,12). The SMILES string of the molecule is O=c1[nH]c2cccc3ncc1n32. The summed E-state index contributed by atoms with van der Waals surface area (Å²) in [4.78, 5) is 18.1. The van der Waals surface area contributed by atoms with Crippen molar-refractivity contribution in [3.05, 3.63) is 34.7 Å². The summed E-state index contributed by atoms with van der Waals surface area (Å²) < 4.78 is 1.81. The zero-order valence-electron chi connectivity index (χ0n) is 6.11. The van der Waals surface area contributed by atoms with E-state index in [1.165, 1.54) is 0 Å². The van der Waals surface area contributed by atoms with Crippen LogP contribution in [0.25, 0.3) is 16.8 Å². The van der Waals surface area contributed by atoms with Crippen LogP contribution in [0.1, 0.15) is 0 Å². The number of aromatic amines is 1. The molecular weight excluding hydrogens is 154 g/mol. The molecule has 0 amide bonds. The first-order valence-corrected chi connectivity index (χ1v) is 3.64. The highest BCUT2D eigenvalue weighted by atomic mass is 16.1. The van der Waals surface area contributed by atoms with E-state index in [1.807, 2.05) is 22.6 Å². The minimum absolute atomic E-state index is 0.0799. The third-order valence-electron chi connectivity index (χ3n) is 2.00. The topological polar surface area (TPSA) is 50.2 Å². The average Bonchev–Trinajstić information content (AvgIpc) is 2.60. The maximum Gasteiger partial charge on any atom is 0.275 e. The molecule has 0 saturated carbocycles. The number of H-pyrrole nitrogens is 1. The van der Waals surface area contributed by atoms with E-state index in [2.05, 4.69) is 9.97 Å². The molecule has 3 aromatic heterocycles. The number of nitrogens with one attached hydrogen (secondary N) is 1. The van der Waals surface area contributed by atoms with Crippen LogP contribution in [0, 0.1) is 0 Å². The molecule has 0 aliphatic carbocycles. The highest BCUT2D eigenvalue weighted by Crippen LogP contribution is 2.09. The van der Waals surface area contributed by atoms with E-state index in [9.17, 15) is 4.79 Å². The molecule has 0 radical (unpaired) electrons. The third-order valence-corrected chi connectivity index (χ3v) is 2.00. The lowest BCUT2D eigenvalue weighted by atomic mass is 10.5. The van der Waals surface area contributed by atoms with Gasteiger partial charge in [-0.25, -0.2) is 4.98 Å². The van der Waals surface area contributed by atoms with Gasteiger partial charge in [0.25, 0.3) is 5.56 Å².